The van der Waals surface area contributed by atoms with Gasteiger partial charge in [0.1, 0.15) is 11.6 Å². The minimum absolute atomic E-state index is 0.0507. The molecule has 0 bridgehead atoms. The van der Waals surface area contributed by atoms with Gasteiger partial charge >= 0.3 is 13.2 Å². The minimum Gasteiger partial charge on any atom is -0.444 e. The van der Waals surface area contributed by atoms with Gasteiger partial charge in [-0.05, 0) is 73.6 Å². The first-order chi connectivity index (χ1) is 17.1. The second-order valence-electron chi connectivity index (χ2n) is 12.4. The Morgan fingerprint density at radius 3 is 2.27 bits per heavy atom. The van der Waals surface area contributed by atoms with Crippen LogP contribution in [0.2, 0.25) is 0 Å². The Bertz CT molecular complexity index is 932. The van der Waals surface area contributed by atoms with E-state index in [0.717, 1.165) is 31.3 Å². The first-order valence-electron chi connectivity index (χ1n) is 13.3. The van der Waals surface area contributed by atoms with E-state index in [1.54, 1.807) is 33.2 Å². The zero-order chi connectivity index (χ0) is 27.6. The van der Waals surface area contributed by atoms with Crippen LogP contribution >= 0.6 is 0 Å². The summed E-state index contributed by atoms with van der Waals surface area (Å²) in [6.45, 7) is 18.5. The van der Waals surface area contributed by atoms with Gasteiger partial charge in [-0.2, -0.15) is 0 Å². The van der Waals surface area contributed by atoms with E-state index in [2.05, 4.69) is 25.5 Å². The predicted molar refractivity (Wildman–Crippen MR) is 144 cm³/mol. The van der Waals surface area contributed by atoms with Gasteiger partial charge in [-0.15, -0.1) is 0 Å². The van der Waals surface area contributed by atoms with Gasteiger partial charge < -0.3 is 29.6 Å². The van der Waals surface area contributed by atoms with E-state index >= 15 is 0 Å². The Morgan fingerprint density at radius 1 is 1.14 bits per heavy atom. The van der Waals surface area contributed by atoms with E-state index in [0.29, 0.717) is 12.5 Å². The molecule has 2 amide bonds. The molecule has 0 radical (unpaired) electrons. The zero-order valence-electron chi connectivity index (χ0n) is 23.9. The maximum atomic E-state index is 13.0. The molecule has 10 nitrogen and oxygen atoms in total. The number of nitrogens with zero attached hydrogens (tertiary/aromatic N) is 3. The molecule has 206 valence electrons. The molecule has 37 heavy (non-hydrogen) atoms. The molecule has 2 atom stereocenters. The van der Waals surface area contributed by atoms with Crippen molar-refractivity contribution in [1.82, 2.24) is 20.6 Å². The van der Waals surface area contributed by atoms with Crippen molar-refractivity contribution < 1.29 is 23.6 Å². The van der Waals surface area contributed by atoms with Gasteiger partial charge in [0.25, 0.3) is 0 Å². The maximum Gasteiger partial charge on any atom is 0.498 e. The predicted octanol–water partition coefficient (Wildman–Crippen LogP) is 2.80. The molecule has 0 spiro atoms. The molecule has 2 saturated heterocycles. The lowest BCUT2D eigenvalue weighted by Gasteiger charge is -2.36. The molecule has 2 aliphatic heterocycles. The van der Waals surface area contributed by atoms with Crippen molar-refractivity contribution >= 4 is 30.5 Å². The van der Waals surface area contributed by atoms with Gasteiger partial charge in [-0.1, -0.05) is 13.8 Å². The summed E-state index contributed by atoms with van der Waals surface area (Å²) >= 11 is 0. The van der Waals surface area contributed by atoms with Crippen molar-refractivity contribution in [3.8, 4) is 0 Å². The number of piperidine rings is 1. The van der Waals surface area contributed by atoms with Crippen LogP contribution in [0, 0.1) is 5.92 Å². The lowest BCUT2D eigenvalue weighted by atomic mass is 9.81. The fourth-order valence-electron chi connectivity index (χ4n) is 4.35. The number of anilines is 1. The van der Waals surface area contributed by atoms with Crippen LogP contribution in [0.15, 0.2) is 12.4 Å². The summed E-state index contributed by atoms with van der Waals surface area (Å²) in [5.41, 5.74) is -0.725. The van der Waals surface area contributed by atoms with E-state index in [1.807, 2.05) is 41.5 Å². The first kappa shape index (κ1) is 29.2. The third-order valence-corrected chi connectivity index (χ3v) is 7.20. The Balaban J connectivity index is 1.63. The molecule has 3 rings (SSSR count). The van der Waals surface area contributed by atoms with Crippen molar-refractivity contribution in [2.24, 2.45) is 5.92 Å². The third kappa shape index (κ3) is 7.34. The highest BCUT2D eigenvalue weighted by atomic mass is 16.7. The smallest absolute Gasteiger partial charge is 0.444 e. The molecule has 11 heteroatoms. The fraction of sp³-hybridized carbons (Fsp3) is 0.769. The highest BCUT2D eigenvalue weighted by molar-refractivity contribution is 6.61. The lowest BCUT2D eigenvalue weighted by molar-refractivity contribution is -0.124. The van der Waals surface area contributed by atoms with Gasteiger partial charge in [0.2, 0.25) is 11.9 Å². The summed E-state index contributed by atoms with van der Waals surface area (Å²) < 4.78 is 17.6. The van der Waals surface area contributed by atoms with Crippen LogP contribution in [0.5, 0.6) is 0 Å². The molecule has 2 unspecified atom stereocenters. The number of aromatic nitrogens is 2. The molecule has 2 aliphatic rings. The highest BCUT2D eigenvalue weighted by Crippen LogP contribution is 2.36. The fourth-order valence-corrected chi connectivity index (χ4v) is 4.35. The number of hydrogen-bond acceptors (Lipinski definition) is 8. The molecule has 0 aliphatic carbocycles. The van der Waals surface area contributed by atoms with Crippen LogP contribution < -0.4 is 21.0 Å². The average Bonchev–Trinajstić information content (AvgIpc) is 3.01. The zero-order valence-corrected chi connectivity index (χ0v) is 23.9. The van der Waals surface area contributed by atoms with E-state index in [4.69, 9.17) is 14.0 Å². The molecule has 2 fully saturated rings. The highest BCUT2D eigenvalue weighted by Gasteiger charge is 2.52. The van der Waals surface area contributed by atoms with Crippen LogP contribution in [0.1, 0.15) is 81.6 Å². The second kappa shape index (κ2) is 11.1. The van der Waals surface area contributed by atoms with Gasteiger partial charge in [0, 0.05) is 37.0 Å². The number of carbonyl (C=O) groups excluding carboxylic acids is 2. The number of carbonyl (C=O) groups is 2. The first-order valence-corrected chi connectivity index (χ1v) is 13.3. The molecular weight excluding hydrogens is 473 g/mol. The molecule has 1 aromatic rings. The molecule has 2 N–H and O–H groups in total. The number of rotatable bonds is 7. The largest absolute Gasteiger partial charge is 0.498 e. The van der Waals surface area contributed by atoms with Crippen molar-refractivity contribution in [2.75, 3.05) is 18.0 Å². The van der Waals surface area contributed by atoms with Crippen LogP contribution in [-0.4, -0.2) is 71.1 Å². The second-order valence-corrected chi connectivity index (χ2v) is 12.4. The van der Waals surface area contributed by atoms with Gasteiger partial charge in [-0.3, -0.25) is 4.79 Å². The number of ether oxygens (including phenoxy) is 1. The van der Waals surface area contributed by atoms with E-state index < -0.39 is 36.1 Å². The Morgan fingerprint density at radius 2 is 1.73 bits per heavy atom. The van der Waals surface area contributed by atoms with Crippen LogP contribution in [0.3, 0.4) is 0 Å². The normalized spacial score (nSPS) is 22.1. The number of nitrogens with one attached hydrogen (secondary N) is 2. The Kier molecular flexibility index (Phi) is 8.79. The van der Waals surface area contributed by atoms with Crippen LogP contribution in [0.25, 0.3) is 0 Å². The number of amides is 2. The summed E-state index contributed by atoms with van der Waals surface area (Å²) in [6, 6.07) is -0.642. The van der Waals surface area contributed by atoms with Gasteiger partial charge in [-0.25, -0.2) is 14.8 Å². The van der Waals surface area contributed by atoms with Crippen molar-refractivity contribution in [3.05, 3.63) is 12.4 Å². The third-order valence-electron chi connectivity index (χ3n) is 7.20. The van der Waals surface area contributed by atoms with Crippen LogP contribution in [0.4, 0.5) is 10.7 Å². The molecule has 3 heterocycles. The molecular formula is C26H44BN5O5. The summed E-state index contributed by atoms with van der Waals surface area (Å²) in [4.78, 5) is 36.7. The van der Waals surface area contributed by atoms with Crippen molar-refractivity contribution in [3.63, 3.8) is 0 Å². The number of alkyl carbamates (subject to hydrolysis) is 1. The molecule has 1 aromatic heterocycles. The lowest BCUT2D eigenvalue weighted by Crippen LogP contribution is -2.54. The maximum absolute atomic E-state index is 13.0. The van der Waals surface area contributed by atoms with Crippen molar-refractivity contribution in [1.29, 1.82) is 0 Å². The Hall–Kier alpha value is -2.40. The molecule has 0 aromatic carbocycles. The topological polar surface area (TPSA) is 115 Å². The quantitative estimate of drug-likeness (QED) is 0.531. The van der Waals surface area contributed by atoms with E-state index in [-0.39, 0.29) is 17.9 Å². The summed E-state index contributed by atoms with van der Waals surface area (Å²) in [5, 5.41) is 5.74. The van der Waals surface area contributed by atoms with Gasteiger partial charge in [0.15, 0.2) is 0 Å². The minimum atomic E-state index is -0.692. The average molecular weight is 517 g/mol. The Labute approximate surface area is 221 Å². The summed E-state index contributed by atoms with van der Waals surface area (Å²) in [7, 11) is -0.513. The van der Waals surface area contributed by atoms with Gasteiger partial charge in [0.05, 0.1) is 11.2 Å². The SMILES string of the molecule is CC(C)C(NC(=O)OC(C)(C)C)C(=O)NCC1CCCCN1c1ncc(B2OC(C)(C)C(C)(C)O2)cn1. The van der Waals surface area contributed by atoms with E-state index in [1.165, 1.54) is 0 Å². The number of hydrogen-bond donors (Lipinski definition) is 2. The van der Waals surface area contributed by atoms with Crippen molar-refractivity contribution in [2.45, 2.75) is 110 Å². The molecule has 0 saturated carbocycles. The van der Waals surface area contributed by atoms with Crippen LogP contribution in [-0.2, 0) is 18.8 Å². The monoisotopic (exact) mass is 517 g/mol. The summed E-state index contributed by atoms with van der Waals surface area (Å²) in [6.07, 6.45) is 5.92. The van der Waals surface area contributed by atoms with E-state index in [9.17, 15) is 9.59 Å². The standard InChI is InChI=1S/C26H44BN5O5/c1-17(2)20(31-23(34)35-24(3,4)5)21(33)28-16-19-12-10-11-13-32(19)22-29-14-18(15-30-22)27-36-25(6,7)26(8,9)37-27/h14-15,17,19-20H,10-13,16H2,1-9H3,(H,28,33)(H,31,34). The summed E-state index contributed by atoms with van der Waals surface area (Å²) in [5.74, 6) is 0.288.